The lowest BCUT2D eigenvalue weighted by Crippen LogP contribution is -2.63. The van der Waals surface area contributed by atoms with E-state index in [4.69, 9.17) is 0 Å². The van der Waals surface area contributed by atoms with Gasteiger partial charge in [-0.25, -0.2) is 0 Å². The van der Waals surface area contributed by atoms with E-state index >= 15 is 0 Å². The van der Waals surface area contributed by atoms with Crippen LogP contribution in [-0.2, 0) is 14.4 Å². The molecular formula is C16H20N2O3. The first-order chi connectivity index (χ1) is 9.92. The Kier molecular flexibility index (Phi) is 3.85. The summed E-state index contributed by atoms with van der Waals surface area (Å²) in [4.78, 5) is 38.6. The van der Waals surface area contributed by atoms with E-state index in [2.05, 4.69) is 13.2 Å². The van der Waals surface area contributed by atoms with Crippen molar-refractivity contribution in [1.82, 2.24) is 9.80 Å². The normalized spacial score (nSPS) is 20.0. The van der Waals surface area contributed by atoms with Crippen LogP contribution in [0.1, 0.15) is 13.8 Å². The van der Waals surface area contributed by atoms with Crippen LogP contribution in [0.4, 0.5) is 0 Å². The second-order valence-corrected chi connectivity index (χ2v) is 5.72. The molecule has 5 heteroatoms. The molecule has 21 heavy (non-hydrogen) atoms. The molecule has 5 nitrogen and oxygen atoms in total. The molecule has 1 saturated heterocycles. The number of nitrogens with zero attached hydrogens (tertiary/aromatic N) is 2. The predicted molar refractivity (Wildman–Crippen MR) is 79.0 cm³/mol. The van der Waals surface area contributed by atoms with Crippen LogP contribution in [-0.4, -0.2) is 47.5 Å². The number of rotatable bonds is 5. The molecule has 2 rings (SSSR count). The lowest BCUT2D eigenvalue weighted by atomic mass is 9.73. The predicted octanol–water partition coefficient (Wildman–Crippen LogP) is 1.14. The molecule has 0 N–H and O–H groups in total. The van der Waals surface area contributed by atoms with Crippen molar-refractivity contribution in [2.75, 3.05) is 19.6 Å². The van der Waals surface area contributed by atoms with Crippen molar-refractivity contribution in [3.8, 4) is 0 Å². The summed E-state index contributed by atoms with van der Waals surface area (Å²) < 4.78 is 0. The van der Waals surface area contributed by atoms with E-state index in [1.807, 2.05) is 13.8 Å². The molecule has 2 heterocycles. The number of hydrogen-bond acceptors (Lipinski definition) is 3. The average molecular weight is 288 g/mol. The van der Waals surface area contributed by atoms with Crippen LogP contribution < -0.4 is 0 Å². The first-order valence-corrected chi connectivity index (χ1v) is 6.97. The van der Waals surface area contributed by atoms with Gasteiger partial charge in [-0.2, -0.15) is 0 Å². The highest BCUT2D eigenvalue weighted by Crippen LogP contribution is 2.47. The highest BCUT2D eigenvalue weighted by molar-refractivity contribution is 5.97. The van der Waals surface area contributed by atoms with E-state index in [9.17, 15) is 14.4 Å². The Morgan fingerprint density at radius 1 is 1.33 bits per heavy atom. The van der Waals surface area contributed by atoms with Gasteiger partial charge < -0.3 is 14.6 Å². The van der Waals surface area contributed by atoms with Gasteiger partial charge in [0, 0.05) is 24.7 Å². The van der Waals surface area contributed by atoms with E-state index in [1.54, 1.807) is 17.1 Å². The highest BCUT2D eigenvalue weighted by Gasteiger charge is 2.59. The van der Waals surface area contributed by atoms with Gasteiger partial charge in [-0.3, -0.25) is 9.59 Å². The van der Waals surface area contributed by atoms with Crippen LogP contribution >= 0.6 is 0 Å². The van der Waals surface area contributed by atoms with Gasteiger partial charge in [-0.15, -0.1) is 0 Å². The minimum Gasteiger partial charge on any atom is -0.339 e. The summed E-state index contributed by atoms with van der Waals surface area (Å²) >= 11 is 0. The van der Waals surface area contributed by atoms with Gasteiger partial charge >= 0.3 is 0 Å². The number of allylic oxidation sites excluding steroid dienone is 2. The topological polar surface area (TPSA) is 57.7 Å². The van der Waals surface area contributed by atoms with Crippen LogP contribution in [0.3, 0.4) is 0 Å². The van der Waals surface area contributed by atoms with E-state index in [0.717, 1.165) is 5.57 Å². The van der Waals surface area contributed by atoms with Crippen molar-refractivity contribution >= 4 is 18.1 Å². The Bertz CT molecular complexity index is 554. The SMILES string of the molecule is C=CC1=C(C=C)C2(CN(C(=O)C(C)C)C2)C(=O)N1CC=O. The quantitative estimate of drug-likeness (QED) is 0.713. The summed E-state index contributed by atoms with van der Waals surface area (Å²) in [6.45, 7) is 11.9. The number of amides is 2. The monoisotopic (exact) mass is 288 g/mol. The van der Waals surface area contributed by atoms with Crippen molar-refractivity contribution < 1.29 is 14.4 Å². The van der Waals surface area contributed by atoms with Crippen molar-refractivity contribution in [1.29, 1.82) is 0 Å². The molecule has 0 unspecified atom stereocenters. The molecule has 2 aliphatic heterocycles. The minimum absolute atomic E-state index is 0.00258. The zero-order valence-corrected chi connectivity index (χ0v) is 12.5. The molecule has 2 aliphatic rings. The van der Waals surface area contributed by atoms with Gasteiger partial charge in [-0.1, -0.05) is 33.1 Å². The second-order valence-electron chi connectivity index (χ2n) is 5.72. The maximum atomic E-state index is 12.7. The fourth-order valence-electron chi connectivity index (χ4n) is 3.08. The van der Waals surface area contributed by atoms with Crippen LogP contribution in [0, 0.1) is 11.3 Å². The van der Waals surface area contributed by atoms with Gasteiger partial charge in [0.05, 0.1) is 6.54 Å². The maximum Gasteiger partial charge on any atom is 0.241 e. The molecule has 0 aromatic rings. The third-order valence-corrected chi connectivity index (χ3v) is 4.12. The molecule has 2 amide bonds. The third-order valence-electron chi connectivity index (χ3n) is 4.12. The summed E-state index contributed by atoms with van der Waals surface area (Å²) in [5, 5.41) is 0. The van der Waals surface area contributed by atoms with Crippen LogP contribution in [0.2, 0.25) is 0 Å². The van der Waals surface area contributed by atoms with E-state index < -0.39 is 5.41 Å². The summed E-state index contributed by atoms with van der Waals surface area (Å²) in [6.07, 6.45) is 3.90. The Morgan fingerprint density at radius 2 is 1.95 bits per heavy atom. The molecule has 0 radical (unpaired) electrons. The molecule has 1 fully saturated rings. The van der Waals surface area contributed by atoms with E-state index in [1.165, 1.54) is 4.90 Å². The smallest absolute Gasteiger partial charge is 0.241 e. The molecule has 1 spiro atoms. The fourth-order valence-corrected chi connectivity index (χ4v) is 3.08. The molecule has 0 aliphatic carbocycles. The van der Waals surface area contributed by atoms with Crippen LogP contribution in [0.15, 0.2) is 36.6 Å². The van der Waals surface area contributed by atoms with Crippen molar-refractivity contribution in [2.45, 2.75) is 13.8 Å². The maximum absolute atomic E-state index is 12.7. The Morgan fingerprint density at radius 3 is 2.38 bits per heavy atom. The Hall–Kier alpha value is -2.17. The van der Waals surface area contributed by atoms with Crippen LogP contribution in [0.5, 0.6) is 0 Å². The lowest BCUT2D eigenvalue weighted by Gasteiger charge is -2.48. The van der Waals surface area contributed by atoms with Gasteiger partial charge in [-0.05, 0) is 11.6 Å². The third kappa shape index (κ3) is 2.04. The van der Waals surface area contributed by atoms with Crippen LogP contribution in [0.25, 0.3) is 0 Å². The first kappa shape index (κ1) is 15.2. The van der Waals surface area contributed by atoms with Gasteiger partial charge in [0.1, 0.15) is 11.7 Å². The summed E-state index contributed by atoms with van der Waals surface area (Å²) in [5.74, 6) is -0.210. The molecule has 0 bridgehead atoms. The van der Waals surface area contributed by atoms with Gasteiger partial charge in [0.25, 0.3) is 0 Å². The number of hydrogen-bond donors (Lipinski definition) is 0. The fraction of sp³-hybridized carbons (Fsp3) is 0.438. The minimum atomic E-state index is -0.751. The molecule has 112 valence electrons. The van der Waals surface area contributed by atoms with Gasteiger partial charge in [0.15, 0.2) is 0 Å². The summed E-state index contributed by atoms with van der Waals surface area (Å²) in [7, 11) is 0. The lowest BCUT2D eigenvalue weighted by molar-refractivity contribution is -0.154. The van der Waals surface area contributed by atoms with Crippen molar-refractivity contribution in [3.63, 3.8) is 0 Å². The molecule has 0 aromatic carbocycles. The zero-order chi connectivity index (χ0) is 15.8. The van der Waals surface area contributed by atoms with E-state index in [0.29, 0.717) is 25.1 Å². The molecule has 0 saturated carbocycles. The standard InChI is InChI=1S/C16H20N2O3/c1-5-12-13(6-2)18(7-8-19)15(21)16(12)9-17(10-16)14(20)11(3)4/h5-6,8,11H,1-2,7,9-10H2,3-4H3. The zero-order valence-electron chi connectivity index (χ0n) is 12.5. The Balaban J connectivity index is 2.33. The molecule has 0 atom stereocenters. The highest BCUT2D eigenvalue weighted by atomic mass is 16.2. The average Bonchev–Trinajstić information content (AvgIpc) is 2.65. The number of likely N-dealkylation sites (tertiary alicyclic amines) is 1. The largest absolute Gasteiger partial charge is 0.339 e. The first-order valence-electron chi connectivity index (χ1n) is 6.97. The van der Waals surface area contributed by atoms with Crippen molar-refractivity contribution in [3.05, 3.63) is 36.6 Å². The van der Waals surface area contributed by atoms with Crippen molar-refractivity contribution in [2.24, 2.45) is 11.3 Å². The number of carbonyl (C=O) groups is 3. The number of carbonyl (C=O) groups excluding carboxylic acids is 3. The van der Waals surface area contributed by atoms with E-state index in [-0.39, 0.29) is 24.3 Å². The molecule has 0 aromatic heterocycles. The molecular weight excluding hydrogens is 268 g/mol. The summed E-state index contributed by atoms with van der Waals surface area (Å²) in [5.41, 5.74) is 0.634. The number of aldehydes is 1. The summed E-state index contributed by atoms with van der Waals surface area (Å²) in [6, 6.07) is 0. The second kappa shape index (κ2) is 5.31. The Labute approximate surface area is 124 Å². The van der Waals surface area contributed by atoms with Gasteiger partial charge in [0.2, 0.25) is 11.8 Å².